The van der Waals surface area contributed by atoms with Crippen molar-refractivity contribution in [2.75, 3.05) is 38.5 Å². The number of nitrogens with zero attached hydrogens (tertiary/aromatic N) is 6. The number of thiazole rings is 1. The molecule has 3 aromatic heterocycles. The first-order chi connectivity index (χ1) is 16.4. The molecule has 14 heteroatoms. The summed E-state index contributed by atoms with van der Waals surface area (Å²) in [6.07, 6.45) is 3.56. The predicted octanol–water partition coefficient (Wildman–Crippen LogP) is 3.21. The molecular formula is C20H24FN7O2P2S2. The second kappa shape index (κ2) is 10.7. The van der Waals surface area contributed by atoms with Crippen molar-refractivity contribution >= 4 is 50.3 Å². The Hall–Kier alpha value is -2.07. The van der Waals surface area contributed by atoms with E-state index >= 15 is 0 Å². The molecule has 4 heterocycles. The summed E-state index contributed by atoms with van der Waals surface area (Å²) < 4.78 is 42.5. The van der Waals surface area contributed by atoms with Crippen LogP contribution in [0.2, 0.25) is 0 Å². The number of hydrogen-bond acceptors (Lipinski definition) is 7. The number of benzene rings is 1. The first-order valence-corrected chi connectivity index (χ1v) is 15.2. The van der Waals surface area contributed by atoms with Crippen molar-refractivity contribution in [3.05, 3.63) is 53.9 Å². The highest BCUT2D eigenvalue weighted by Gasteiger charge is 2.33. The van der Waals surface area contributed by atoms with E-state index in [1.807, 2.05) is 16.0 Å². The fourth-order valence-electron chi connectivity index (χ4n) is 3.62. The van der Waals surface area contributed by atoms with Gasteiger partial charge in [-0.2, -0.15) is 17.0 Å². The lowest BCUT2D eigenvalue weighted by Crippen LogP contribution is -2.34. The number of anilines is 1. The standard InChI is InChI=1S/C20H20FN7O2S2.H4P2/c1-26-10-11-27(32(26,29)30)9-8-23-19-22-7-6-16(24-19)18-17(14-2-4-15(21)5-3-14)25-20-28(18)12-13-31-20;1-2/h2-7,12-13H,8-11H2,1H3,(H,22,23,24);1-2H2. The van der Waals surface area contributed by atoms with E-state index in [1.165, 1.54) is 32.1 Å². The van der Waals surface area contributed by atoms with Crippen molar-refractivity contribution in [1.82, 2.24) is 28.0 Å². The minimum Gasteiger partial charge on any atom is -0.353 e. The van der Waals surface area contributed by atoms with Crippen LogP contribution in [-0.4, -0.2) is 69.6 Å². The van der Waals surface area contributed by atoms with Crippen LogP contribution in [-0.2, 0) is 10.2 Å². The van der Waals surface area contributed by atoms with E-state index in [0.717, 1.165) is 16.2 Å². The van der Waals surface area contributed by atoms with Crippen molar-refractivity contribution in [3.63, 3.8) is 0 Å². The highest BCUT2D eigenvalue weighted by molar-refractivity contribution is 7.92. The topological polar surface area (TPSA) is 95.7 Å². The fraction of sp³-hybridized carbons (Fsp3) is 0.250. The summed E-state index contributed by atoms with van der Waals surface area (Å²) in [5, 5.41) is 5.05. The molecule has 1 N–H and O–H groups in total. The molecule has 0 radical (unpaired) electrons. The summed E-state index contributed by atoms with van der Waals surface area (Å²) in [6, 6.07) is 7.99. The Kier molecular flexibility index (Phi) is 7.87. The van der Waals surface area contributed by atoms with Gasteiger partial charge in [-0.1, -0.05) is 0 Å². The number of hydrogen-bond donors (Lipinski definition) is 1. The van der Waals surface area contributed by atoms with Crippen molar-refractivity contribution in [1.29, 1.82) is 0 Å². The second-order valence-corrected chi connectivity index (χ2v) is 10.2. The third-order valence-electron chi connectivity index (χ3n) is 5.31. The van der Waals surface area contributed by atoms with Crippen LogP contribution >= 0.6 is 29.2 Å². The number of likely N-dealkylation sites (N-methyl/N-ethyl adjacent to an activating group) is 1. The summed E-state index contributed by atoms with van der Waals surface area (Å²) in [4.78, 5) is 14.4. The zero-order valence-electron chi connectivity index (χ0n) is 18.3. The molecule has 1 saturated heterocycles. The monoisotopic (exact) mass is 539 g/mol. The van der Waals surface area contributed by atoms with Crippen molar-refractivity contribution in [3.8, 4) is 22.6 Å². The van der Waals surface area contributed by atoms with Crippen molar-refractivity contribution in [2.24, 2.45) is 0 Å². The molecule has 1 aliphatic rings. The molecule has 0 amide bonds. The van der Waals surface area contributed by atoms with Gasteiger partial charge in [0.2, 0.25) is 5.95 Å². The number of fused-ring (bicyclic) bond motifs is 1. The summed E-state index contributed by atoms with van der Waals surface area (Å²) >= 11 is 1.50. The zero-order valence-corrected chi connectivity index (χ0v) is 22.2. The first-order valence-electron chi connectivity index (χ1n) is 10.3. The van der Waals surface area contributed by atoms with E-state index in [2.05, 4.69) is 33.1 Å². The molecule has 0 aliphatic carbocycles. The number of imidazole rings is 1. The maximum atomic E-state index is 13.4. The van der Waals surface area contributed by atoms with Gasteiger partial charge in [-0.05, 0) is 30.3 Å². The molecule has 1 aromatic carbocycles. The molecule has 2 unspecified atom stereocenters. The Bertz CT molecular complexity index is 1380. The van der Waals surface area contributed by atoms with Crippen LogP contribution in [0.1, 0.15) is 0 Å². The van der Waals surface area contributed by atoms with E-state index in [4.69, 9.17) is 4.98 Å². The lowest BCUT2D eigenvalue weighted by Gasteiger charge is -2.16. The predicted molar refractivity (Wildman–Crippen MR) is 141 cm³/mol. The van der Waals surface area contributed by atoms with Gasteiger partial charge in [-0.25, -0.2) is 19.3 Å². The molecule has 180 valence electrons. The molecule has 2 atom stereocenters. The van der Waals surface area contributed by atoms with Gasteiger partial charge in [0.1, 0.15) is 11.5 Å². The fourth-order valence-corrected chi connectivity index (χ4v) is 5.67. The molecule has 1 aliphatic heterocycles. The van der Waals surface area contributed by atoms with Gasteiger partial charge >= 0.3 is 0 Å². The summed E-state index contributed by atoms with van der Waals surface area (Å²) in [5.74, 6) is 0.0822. The number of aromatic nitrogens is 4. The third-order valence-corrected chi connectivity index (χ3v) is 8.05. The van der Waals surface area contributed by atoms with Gasteiger partial charge in [-0.15, -0.1) is 29.2 Å². The molecule has 0 bridgehead atoms. The van der Waals surface area contributed by atoms with E-state index < -0.39 is 10.2 Å². The Morgan fingerprint density at radius 2 is 1.91 bits per heavy atom. The van der Waals surface area contributed by atoms with Crippen LogP contribution in [0.5, 0.6) is 0 Å². The second-order valence-electron chi connectivity index (χ2n) is 7.29. The van der Waals surface area contributed by atoms with Gasteiger partial charge in [-0.3, -0.25) is 4.40 Å². The smallest absolute Gasteiger partial charge is 0.281 e. The van der Waals surface area contributed by atoms with Crippen LogP contribution in [0.3, 0.4) is 0 Å². The van der Waals surface area contributed by atoms with E-state index in [-0.39, 0.29) is 5.82 Å². The molecule has 5 rings (SSSR count). The summed E-state index contributed by atoms with van der Waals surface area (Å²) in [6.45, 7) is 1.65. The van der Waals surface area contributed by atoms with E-state index in [1.54, 1.807) is 31.4 Å². The first kappa shape index (κ1) is 25.0. The summed E-state index contributed by atoms with van der Waals surface area (Å²) in [7, 11) is 2.87. The average Bonchev–Trinajstić information content (AvgIpc) is 3.50. The normalized spacial score (nSPS) is 15.9. The molecule has 0 saturated carbocycles. The van der Waals surface area contributed by atoms with Crippen LogP contribution in [0, 0.1) is 5.82 Å². The number of nitrogens with one attached hydrogen (secondary N) is 1. The highest BCUT2D eigenvalue weighted by atomic mass is 32.2. The maximum absolute atomic E-state index is 13.4. The Morgan fingerprint density at radius 3 is 2.62 bits per heavy atom. The lowest BCUT2D eigenvalue weighted by molar-refractivity contribution is 0.459. The van der Waals surface area contributed by atoms with Crippen molar-refractivity contribution in [2.45, 2.75) is 0 Å². The van der Waals surface area contributed by atoms with Crippen LogP contribution in [0.15, 0.2) is 48.1 Å². The number of rotatable bonds is 6. The maximum Gasteiger partial charge on any atom is 0.281 e. The SMILES string of the molecule is CN1CCN(CCNc2nccc(-c3c(-c4ccc(F)cc4)nc4sccn34)n2)S1(=O)=O.PP. The molecule has 34 heavy (non-hydrogen) atoms. The van der Waals surface area contributed by atoms with Gasteiger partial charge in [0.05, 0.1) is 11.4 Å². The zero-order chi connectivity index (χ0) is 24.3. The van der Waals surface area contributed by atoms with Crippen LogP contribution in [0.4, 0.5) is 10.3 Å². The van der Waals surface area contributed by atoms with Gasteiger partial charge in [0.25, 0.3) is 10.2 Å². The summed E-state index contributed by atoms with van der Waals surface area (Å²) in [5.41, 5.74) is 2.92. The van der Waals surface area contributed by atoms with E-state index in [0.29, 0.717) is 43.5 Å². The van der Waals surface area contributed by atoms with Gasteiger partial charge in [0.15, 0.2) is 4.96 Å². The average molecular weight is 540 g/mol. The molecular weight excluding hydrogens is 515 g/mol. The minimum absolute atomic E-state index is 0.309. The van der Waals surface area contributed by atoms with Gasteiger partial charge < -0.3 is 5.32 Å². The highest BCUT2D eigenvalue weighted by Crippen LogP contribution is 2.33. The van der Waals surface area contributed by atoms with Crippen LogP contribution < -0.4 is 5.32 Å². The Labute approximate surface area is 205 Å². The largest absolute Gasteiger partial charge is 0.353 e. The molecule has 9 nitrogen and oxygen atoms in total. The van der Waals surface area contributed by atoms with Crippen LogP contribution in [0.25, 0.3) is 27.6 Å². The molecule has 1 fully saturated rings. The Balaban J connectivity index is 0.00000133. The molecule has 4 aromatic rings. The quantitative estimate of drug-likeness (QED) is 0.378. The van der Waals surface area contributed by atoms with Gasteiger partial charge in [0, 0.05) is 56.6 Å². The van der Waals surface area contributed by atoms with E-state index in [9.17, 15) is 12.8 Å². The van der Waals surface area contributed by atoms with Crippen molar-refractivity contribution < 1.29 is 12.8 Å². The third kappa shape index (κ3) is 4.98. The molecule has 0 spiro atoms. The number of halogens is 1. The minimum atomic E-state index is -3.37. The Morgan fingerprint density at radius 1 is 1.15 bits per heavy atom. The lowest BCUT2D eigenvalue weighted by atomic mass is 10.1.